The van der Waals surface area contributed by atoms with E-state index < -0.39 is 0 Å². The van der Waals surface area contributed by atoms with Crippen LogP contribution in [0.15, 0.2) is 18.5 Å². The van der Waals surface area contributed by atoms with Gasteiger partial charge in [-0.3, -0.25) is 9.58 Å². The van der Waals surface area contributed by atoms with Crippen LogP contribution in [0.25, 0.3) is 0 Å². The molecule has 1 aromatic heterocycles. The summed E-state index contributed by atoms with van der Waals surface area (Å²) in [6.45, 7) is 12.4. The second-order valence-corrected chi connectivity index (χ2v) is 7.16. The van der Waals surface area contributed by atoms with Gasteiger partial charge in [-0.05, 0) is 26.0 Å². The quantitative estimate of drug-likeness (QED) is 0.704. The van der Waals surface area contributed by atoms with Crippen molar-refractivity contribution in [2.24, 2.45) is 0 Å². The molecule has 0 saturated carbocycles. The lowest BCUT2D eigenvalue weighted by atomic mass is 10.1. The number of hydrogen-bond donors (Lipinski definition) is 1. The van der Waals surface area contributed by atoms with Gasteiger partial charge in [0.25, 0.3) is 0 Å². The number of unbranched alkanes of at least 4 members (excludes halogenated alkanes) is 5. The first kappa shape index (κ1) is 19.4. The molecule has 138 valence electrons. The average molecular weight is 336 g/mol. The fourth-order valence-corrected chi connectivity index (χ4v) is 3.40. The Morgan fingerprint density at radius 2 is 1.92 bits per heavy atom. The zero-order chi connectivity index (χ0) is 17.0. The molecule has 24 heavy (non-hydrogen) atoms. The lowest BCUT2D eigenvalue weighted by Gasteiger charge is -2.30. The molecule has 1 atom stereocenters. The summed E-state index contributed by atoms with van der Waals surface area (Å²) in [5.74, 6) is 0. The minimum atomic E-state index is 0.545. The van der Waals surface area contributed by atoms with E-state index >= 15 is 0 Å². The minimum absolute atomic E-state index is 0.545. The summed E-state index contributed by atoms with van der Waals surface area (Å²) in [5, 5.41) is 7.99. The van der Waals surface area contributed by atoms with Crippen LogP contribution >= 0.6 is 0 Å². The highest BCUT2D eigenvalue weighted by molar-refractivity contribution is 4.79. The smallest absolute Gasteiger partial charge is 0.0931 e. The number of aromatic nitrogens is 2. The average Bonchev–Trinajstić information content (AvgIpc) is 3.11. The van der Waals surface area contributed by atoms with Crippen molar-refractivity contribution in [1.82, 2.24) is 24.9 Å². The van der Waals surface area contributed by atoms with Crippen molar-refractivity contribution in [3.63, 3.8) is 0 Å². The van der Waals surface area contributed by atoms with E-state index in [9.17, 15) is 0 Å². The van der Waals surface area contributed by atoms with E-state index in [4.69, 9.17) is 0 Å². The monoisotopic (exact) mass is 335 g/mol. The molecule has 5 heteroatoms. The lowest BCUT2D eigenvalue weighted by molar-refractivity contribution is 0.136. The molecule has 1 aliphatic heterocycles. The Morgan fingerprint density at radius 3 is 2.71 bits per heavy atom. The van der Waals surface area contributed by atoms with Gasteiger partial charge < -0.3 is 10.2 Å². The van der Waals surface area contributed by atoms with Crippen LogP contribution in [0.4, 0.5) is 0 Å². The first-order valence-electron chi connectivity index (χ1n) is 9.94. The van der Waals surface area contributed by atoms with Crippen LogP contribution in [0, 0.1) is 0 Å². The molecule has 0 bridgehead atoms. The summed E-state index contributed by atoms with van der Waals surface area (Å²) in [4.78, 5) is 5.18. The van der Waals surface area contributed by atoms with Gasteiger partial charge in [0.05, 0.1) is 6.67 Å². The lowest BCUT2D eigenvalue weighted by Crippen LogP contribution is -2.42. The standard InChI is InChI=1S/C19H37N5/c1-3-4-5-6-7-8-12-22-14-11-20-17-19(2)23(16-15-22)18-24-13-9-10-21-24/h9-10,13,19-20H,3-8,11-12,14-18H2,1-2H3. The zero-order valence-electron chi connectivity index (χ0n) is 15.8. The van der Waals surface area contributed by atoms with Gasteiger partial charge in [-0.2, -0.15) is 5.10 Å². The Hall–Kier alpha value is -0.910. The Morgan fingerprint density at radius 1 is 1.08 bits per heavy atom. The van der Waals surface area contributed by atoms with Crippen molar-refractivity contribution in [3.8, 4) is 0 Å². The molecule has 1 N–H and O–H groups in total. The number of rotatable bonds is 9. The first-order valence-corrected chi connectivity index (χ1v) is 9.94. The number of nitrogens with zero attached hydrogens (tertiary/aromatic N) is 4. The molecule has 1 aliphatic rings. The van der Waals surface area contributed by atoms with Crippen molar-refractivity contribution in [1.29, 1.82) is 0 Å². The van der Waals surface area contributed by atoms with E-state index in [1.165, 1.54) is 58.2 Å². The maximum Gasteiger partial charge on any atom is 0.0931 e. The van der Waals surface area contributed by atoms with E-state index in [1.807, 2.05) is 16.9 Å². The fraction of sp³-hybridized carbons (Fsp3) is 0.842. The van der Waals surface area contributed by atoms with E-state index in [0.717, 1.165) is 26.3 Å². The highest BCUT2D eigenvalue weighted by Crippen LogP contribution is 2.08. The van der Waals surface area contributed by atoms with Gasteiger partial charge in [0.2, 0.25) is 0 Å². The highest BCUT2D eigenvalue weighted by Gasteiger charge is 2.17. The molecule has 1 unspecified atom stereocenters. The third-order valence-corrected chi connectivity index (χ3v) is 5.08. The fourth-order valence-electron chi connectivity index (χ4n) is 3.40. The van der Waals surface area contributed by atoms with Crippen LogP contribution < -0.4 is 5.32 Å². The molecular formula is C19H37N5. The summed E-state index contributed by atoms with van der Waals surface area (Å²) in [5.41, 5.74) is 0. The first-order chi connectivity index (χ1) is 11.8. The molecule has 0 aromatic carbocycles. The molecule has 0 radical (unpaired) electrons. The summed E-state index contributed by atoms with van der Waals surface area (Å²) in [6.07, 6.45) is 12.2. The van der Waals surface area contributed by atoms with E-state index in [2.05, 4.69) is 40.3 Å². The number of hydrogen-bond acceptors (Lipinski definition) is 4. The largest absolute Gasteiger partial charge is 0.314 e. The van der Waals surface area contributed by atoms with Crippen molar-refractivity contribution in [2.45, 2.75) is 65.1 Å². The molecular weight excluding hydrogens is 298 g/mol. The Kier molecular flexibility index (Phi) is 9.39. The second-order valence-electron chi connectivity index (χ2n) is 7.16. The summed E-state index contributed by atoms with van der Waals surface area (Å²) < 4.78 is 2.03. The van der Waals surface area contributed by atoms with Gasteiger partial charge in [-0.1, -0.05) is 39.0 Å². The second kappa shape index (κ2) is 11.6. The third-order valence-electron chi connectivity index (χ3n) is 5.08. The van der Waals surface area contributed by atoms with Crippen LogP contribution in [-0.2, 0) is 6.67 Å². The Balaban J connectivity index is 1.73. The van der Waals surface area contributed by atoms with Gasteiger partial charge >= 0.3 is 0 Å². The van der Waals surface area contributed by atoms with Crippen molar-refractivity contribution in [3.05, 3.63) is 18.5 Å². The number of nitrogens with one attached hydrogen (secondary N) is 1. The minimum Gasteiger partial charge on any atom is -0.314 e. The van der Waals surface area contributed by atoms with Gasteiger partial charge in [0.15, 0.2) is 0 Å². The van der Waals surface area contributed by atoms with Crippen LogP contribution in [0.3, 0.4) is 0 Å². The third kappa shape index (κ3) is 7.32. The summed E-state index contributed by atoms with van der Waals surface area (Å²) in [7, 11) is 0. The molecule has 1 saturated heterocycles. The van der Waals surface area contributed by atoms with E-state index in [0.29, 0.717) is 6.04 Å². The van der Waals surface area contributed by atoms with Crippen LogP contribution in [-0.4, -0.2) is 64.9 Å². The Bertz CT molecular complexity index is 406. The maximum absolute atomic E-state index is 4.37. The van der Waals surface area contributed by atoms with Crippen molar-refractivity contribution < 1.29 is 0 Å². The van der Waals surface area contributed by atoms with E-state index in [-0.39, 0.29) is 0 Å². The van der Waals surface area contributed by atoms with Gasteiger partial charge in [0, 0.05) is 51.2 Å². The molecule has 0 aliphatic carbocycles. The van der Waals surface area contributed by atoms with Crippen molar-refractivity contribution >= 4 is 0 Å². The zero-order valence-corrected chi connectivity index (χ0v) is 15.8. The van der Waals surface area contributed by atoms with Crippen LogP contribution in [0.1, 0.15) is 52.4 Å². The molecule has 1 fully saturated rings. The normalized spacial score (nSPS) is 21.3. The molecule has 0 spiro atoms. The van der Waals surface area contributed by atoms with Crippen LogP contribution in [0.5, 0.6) is 0 Å². The molecule has 5 nitrogen and oxygen atoms in total. The summed E-state index contributed by atoms with van der Waals surface area (Å²) >= 11 is 0. The predicted molar refractivity (Wildman–Crippen MR) is 101 cm³/mol. The van der Waals surface area contributed by atoms with Gasteiger partial charge in [-0.15, -0.1) is 0 Å². The van der Waals surface area contributed by atoms with Gasteiger partial charge in [-0.25, -0.2) is 0 Å². The molecule has 2 heterocycles. The molecule has 1 aromatic rings. The van der Waals surface area contributed by atoms with Gasteiger partial charge in [0.1, 0.15) is 0 Å². The van der Waals surface area contributed by atoms with E-state index in [1.54, 1.807) is 0 Å². The van der Waals surface area contributed by atoms with Crippen molar-refractivity contribution in [2.75, 3.05) is 39.3 Å². The predicted octanol–water partition coefficient (Wildman–Crippen LogP) is 2.80. The highest BCUT2D eigenvalue weighted by atomic mass is 15.4. The topological polar surface area (TPSA) is 36.3 Å². The maximum atomic E-state index is 4.37. The molecule has 0 amide bonds. The molecule has 2 rings (SSSR count). The van der Waals surface area contributed by atoms with Crippen LogP contribution in [0.2, 0.25) is 0 Å². The SMILES string of the molecule is CCCCCCCCN1CCNCC(C)N(Cn2cccn2)CC1. The Labute approximate surface area is 148 Å². The summed E-state index contributed by atoms with van der Waals surface area (Å²) in [6, 6.07) is 2.55.